The van der Waals surface area contributed by atoms with E-state index in [4.69, 9.17) is 38.9 Å². The highest BCUT2D eigenvalue weighted by Crippen LogP contribution is 2.38. The molecule has 16 nitrogen and oxygen atoms in total. The van der Waals surface area contributed by atoms with Crippen LogP contribution >= 0.6 is 63.7 Å². The normalized spacial score (nSPS) is 12.4. The Labute approximate surface area is 450 Å². The van der Waals surface area contributed by atoms with Crippen LogP contribution in [0.2, 0.25) is 0 Å². The highest BCUT2D eigenvalue weighted by molar-refractivity contribution is 9.11. The third-order valence-electron chi connectivity index (χ3n) is 10.1. The molecule has 0 unspecified atom stereocenters. The fourth-order valence-electron chi connectivity index (χ4n) is 7.64. The molecule has 0 N–H and O–H groups in total. The summed E-state index contributed by atoms with van der Waals surface area (Å²) in [4.78, 5) is 73.2. The number of ether oxygens (including phenoxy) is 4. The lowest BCUT2D eigenvalue weighted by atomic mass is 10.2. The van der Waals surface area contributed by atoms with Gasteiger partial charge in [-0.05, 0) is 245 Å². The molecule has 380 valence electrons. The summed E-state index contributed by atoms with van der Waals surface area (Å²) in [5, 5.41) is 0. The van der Waals surface area contributed by atoms with Gasteiger partial charge in [0.2, 0.25) is 0 Å². The minimum atomic E-state index is -0.753. The number of nitrogens with zero attached hydrogens (tertiary/aromatic N) is 8. The van der Waals surface area contributed by atoms with Gasteiger partial charge in [0.15, 0.2) is 23.3 Å². The number of fused-ring (bicyclic) bond motifs is 4. The van der Waals surface area contributed by atoms with Crippen LogP contribution in [0.3, 0.4) is 0 Å². The van der Waals surface area contributed by atoms with E-state index in [0.717, 1.165) is 22.3 Å². The SMILES string of the molecule is Cc1cc(Br)c2nc(-c3nc4c(Br)cc(C)cc4n3C(=O)OC(C)(C)C)n(C(=O)OC(C)(C)C)c2c1.Cc1cc(Br)c2nc(-c3nc4c(Br)cc(C)cc4n3C(=O)OC(C)(C)C)n(C(=O)OC(C)(C)C)c2c1. The van der Waals surface area contributed by atoms with E-state index < -0.39 is 46.8 Å². The fraction of sp³-hybridized carbons (Fsp3) is 0.385. The Morgan fingerprint density at radius 3 is 0.667 bits per heavy atom. The van der Waals surface area contributed by atoms with E-state index in [0.29, 0.717) is 62.0 Å². The van der Waals surface area contributed by atoms with Gasteiger partial charge in [0, 0.05) is 17.9 Å². The van der Waals surface area contributed by atoms with Gasteiger partial charge in [-0.2, -0.15) is 0 Å². The molecule has 72 heavy (non-hydrogen) atoms. The molecule has 0 amide bonds. The summed E-state index contributed by atoms with van der Waals surface area (Å²) in [5.74, 6) is 0.656. The first-order chi connectivity index (χ1) is 33.1. The summed E-state index contributed by atoms with van der Waals surface area (Å²) in [7, 11) is 0. The maximum atomic E-state index is 13.5. The van der Waals surface area contributed by atoms with Gasteiger partial charge >= 0.3 is 24.4 Å². The fourth-order valence-corrected chi connectivity index (χ4v) is 10.3. The molecule has 0 spiro atoms. The van der Waals surface area contributed by atoms with E-state index >= 15 is 0 Å². The number of carbonyl (C=O) groups is 4. The number of carbonyl (C=O) groups excluding carboxylic acids is 4. The monoisotopic (exact) mass is 1240 g/mol. The number of hydrogen-bond donors (Lipinski definition) is 0. The number of imidazole rings is 4. The van der Waals surface area contributed by atoms with Gasteiger partial charge in [0.25, 0.3) is 0 Å². The van der Waals surface area contributed by atoms with Crippen molar-refractivity contribution in [3.05, 3.63) is 88.7 Å². The summed E-state index contributed by atoms with van der Waals surface area (Å²) in [6.07, 6.45) is -2.52. The molecular formula is C52H56Br4N8O8. The van der Waals surface area contributed by atoms with Gasteiger partial charge in [-0.1, -0.05) is 0 Å². The van der Waals surface area contributed by atoms with Crippen LogP contribution in [0.1, 0.15) is 105 Å². The number of benzene rings is 4. The minimum absolute atomic E-state index is 0.164. The second-order valence-corrected chi connectivity index (χ2v) is 24.9. The van der Waals surface area contributed by atoms with Crippen LogP contribution < -0.4 is 0 Å². The minimum Gasteiger partial charge on any atom is -0.443 e. The summed E-state index contributed by atoms with van der Waals surface area (Å²) in [6.45, 7) is 29.2. The largest absolute Gasteiger partial charge is 0.443 e. The van der Waals surface area contributed by atoms with Crippen molar-refractivity contribution in [3.63, 3.8) is 0 Å². The van der Waals surface area contributed by atoms with Crippen molar-refractivity contribution >= 4 is 132 Å². The van der Waals surface area contributed by atoms with E-state index in [1.54, 1.807) is 83.1 Å². The third-order valence-corrected chi connectivity index (χ3v) is 12.6. The quantitative estimate of drug-likeness (QED) is 0.150. The van der Waals surface area contributed by atoms with Crippen LogP contribution in [-0.4, -0.2) is 85.0 Å². The first-order valence-corrected chi connectivity index (χ1v) is 26.0. The van der Waals surface area contributed by atoms with Crippen molar-refractivity contribution in [2.45, 2.75) is 133 Å². The Balaban J connectivity index is 0.000000211. The first kappa shape index (κ1) is 54.3. The van der Waals surface area contributed by atoms with E-state index in [1.165, 1.54) is 18.3 Å². The summed E-state index contributed by atoms with van der Waals surface area (Å²) in [5.41, 5.74) is 4.97. The lowest BCUT2D eigenvalue weighted by Gasteiger charge is -2.21. The molecule has 0 atom stereocenters. The highest BCUT2D eigenvalue weighted by Gasteiger charge is 2.34. The molecule has 4 aromatic carbocycles. The average molecular weight is 1240 g/mol. The zero-order chi connectivity index (χ0) is 53.5. The van der Waals surface area contributed by atoms with E-state index in [9.17, 15) is 19.2 Å². The average Bonchev–Trinajstić information content (AvgIpc) is 3.96. The summed E-state index contributed by atoms with van der Waals surface area (Å²) in [6, 6.07) is 15.0. The molecule has 20 heteroatoms. The highest BCUT2D eigenvalue weighted by atomic mass is 79.9. The molecule has 4 heterocycles. The zero-order valence-electron chi connectivity index (χ0n) is 43.0. The van der Waals surface area contributed by atoms with Crippen LogP contribution in [-0.2, 0) is 18.9 Å². The van der Waals surface area contributed by atoms with Crippen molar-refractivity contribution in [1.29, 1.82) is 0 Å². The van der Waals surface area contributed by atoms with Gasteiger partial charge in [0.05, 0.1) is 22.1 Å². The van der Waals surface area contributed by atoms with Crippen LogP contribution in [0.25, 0.3) is 67.4 Å². The number of aryl methyl sites for hydroxylation is 4. The van der Waals surface area contributed by atoms with E-state index in [-0.39, 0.29) is 23.3 Å². The first-order valence-electron chi connectivity index (χ1n) is 22.8. The lowest BCUT2D eigenvalue weighted by Crippen LogP contribution is -2.29. The van der Waals surface area contributed by atoms with Gasteiger partial charge in [-0.15, -0.1) is 0 Å². The van der Waals surface area contributed by atoms with Crippen molar-refractivity contribution in [3.8, 4) is 23.3 Å². The Kier molecular flexibility index (Phi) is 14.7. The maximum Gasteiger partial charge on any atom is 0.420 e. The second-order valence-electron chi connectivity index (χ2n) is 21.5. The third kappa shape index (κ3) is 11.5. The molecule has 4 aromatic heterocycles. The Morgan fingerprint density at radius 1 is 0.347 bits per heavy atom. The Hall–Kier alpha value is -5.44. The standard InChI is InChI=1S/2C26H28Br2N4O4/c2*1-13-9-15(27)19-17(11-13)31(23(33)35-25(3,4)5)21(29-19)22-30-20-16(28)10-14(2)12-18(20)32(22)24(34)36-26(6,7)8/h2*9-12H,1-8H3. The van der Waals surface area contributed by atoms with Crippen LogP contribution in [0.5, 0.6) is 0 Å². The molecule has 0 aliphatic heterocycles. The predicted octanol–water partition coefficient (Wildman–Crippen LogP) is 15.5. The predicted molar refractivity (Wildman–Crippen MR) is 293 cm³/mol. The molecule has 0 radical (unpaired) electrons. The van der Waals surface area contributed by atoms with Gasteiger partial charge in [-0.25, -0.2) is 57.4 Å². The number of rotatable bonds is 2. The molecule has 0 bridgehead atoms. The van der Waals surface area contributed by atoms with E-state index in [2.05, 4.69) is 63.7 Å². The number of hydrogen-bond acceptors (Lipinski definition) is 12. The van der Waals surface area contributed by atoms with Crippen molar-refractivity contribution in [2.24, 2.45) is 0 Å². The Morgan fingerprint density at radius 2 is 0.514 bits per heavy atom. The van der Waals surface area contributed by atoms with Gasteiger partial charge in [0.1, 0.15) is 44.5 Å². The van der Waals surface area contributed by atoms with Crippen LogP contribution in [0, 0.1) is 27.7 Å². The molecule has 0 aliphatic rings. The number of halogens is 4. The molecule has 0 fully saturated rings. The second kappa shape index (κ2) is 19.4. The molecular weight excluding hydrogens is 1180 g/mol. The summed E-state index contributed by atoms with van der Waals surface area (Å²) >= 11 is 14.3. The van der Waals surface area contributed by atoms with Crippen molar-refractivity contribution in [1.82, 2.24) is 38.2 Å². The summed E-state index contributed by atoms with van der Waals surface area (Å²) < 4.78 is 31.2. The van der Waals surface area contributed by atoms with Gasteiger partial charge in [-0.3, -0.25) is 0 Å². The molecule has 0 saturated carbocycles. The van der Waals surface area contributed by atoms with Crippen molar-refractivity contribution in [2.75, 3.05) is 0 Å². The number of aromatic nitrogens is 8. The van der Waals surface area contributed by atoms with E-state index in [1.807, 2.05) is 76.2 Å². The smallest absolute Gasteiger partial charge is 0.420 e. The van der Waals surface area contributed by atoms with Crippen molar-refractivity contribution < 1.29 is 38.1 Å². The Bertz CT molecular complexity index is 3080. The van der Waals surface area contributed by atoms with Gasteiger partial charge < -0.3 is 18.9 Å². The zero-order valence-corrected chi connectivity index (χ0v) is 49.3. The lowest BCUT2D eigenvalue weighted by molar-refractivity contribution is 0.0525. The topological polar surface area (TPSA) is 176 Å². The van der Waals surface area contributed by atoms with Crippen LogP contribution in [0.15, 0.2) is 66.4 Å². The van der Waals surface area contributed by atoms with Crippen LogP contribution in [0.4, 0.5) is 19.2 Å². The molecule has 0 saturated heterocycles. The maximum absolute atomic E-state index is 13.5. The molecule has 8 aromatic rings. The molecule has 8 rings (SSSR count). The molecule has 0 aliphatic carbocycles.